The highest BCUT2D eigenvalue weighted by molar-refractivity contribution is 5.69. The molecule has 0 amide bonds. The molecule has 0 bridgehead atoms. The van der Waals surface area contributed by atoms with Crippen molar-refractivity contribution in [2.45, 2.75) is 76.4 Å². The van der Waals surface area contributed by atoms with Crippen LogP contribution in [0.3, 0.4) is 0 Å². The first kappa shape index (κ1) is 13.4. The van der Waals surface area contributed by atoms with Gasteiger partial charge in [0.1, 0.15) is 5.60 Å². The fourth-order valence-electron chi connectivity index (χ4n) is 4.50. The van der Waals surface area contributed by atoms with Crippen molar-refractivity contribution in [3.8, 4) is 0 Å². The maximum absolute atomic E-state index is 11.9. The molecule has 2 saturated heterocycles. The molecule has 19 heavy (non-hydrogen) atoms. The van der Waals surface area contributed by atoms with Gasteiger partial charge in [-0.05, 0) is 32.2 Å². The van der Waals surface area contributed by atoms with Gasteiger partial charge in [-0.2, -0.15) is 0 Å². The number of ether oxygens (including phenoxy) is 1. The van der Waals surface area contributed by atoms with Crippen LogP contribution in [-0.4, -0.2) is 35.6 Å². The Hall–Kier alpha value is -0.570. The maximum atomic E-state index is 11.9. The fourth-order valence-corrected chi connectivity index (χ4v) is 4.50. The van der Waals surface area contributed by atoms with E-state index >= 15 is 0 Å². The molecule has 2 unspecified atom stereocenters. The average molecular weight is 265 g/mol. The average Bonchev–Trinajstić information content (AvgIpc) is 2.45. The zero-order valence-corrected chi connectivity index (χ0v) is 12.2. The highest BCUT2D eigenvalue weighted by atomic mass is 16.6. The van der Waals surface area contributed by atoms with Crippen LogP contribution in [0, 0.1) is 5.92 Å². The number of carbonyl (C=O) groups is 1. The van der Waals surface area contributed by atoms with Gasteiger partial charge in [0.15, 0.2) is 0 Å². The molecule has 3 fully saturated rings. The molecule has 0 aromatic heterocycles. The highest BCUT2D eigenvalue weighted by Gasteiger charge is 2.59. The summed E-state index contributed by atoms with van der Waals surface area (Å²) in [5.74, 6) is 0.631. The summed E-state index contributed by atoms with van der Waals surface area (Å²) in [4.78, 5) is 14.5. The van der Waals surface area contributed by atoms with Crippen LogP contribution in [0.1, 0.15) is 64.7 Å². The standard InChI is InChI=1S/C16H27NO2/c1-2-15(18)19-16(13-8-4-3-5-9-13)12-17-11-7-6-10-14(16)17/h13-14H,2-12H2,1H3. The lowest BCUT2D eigenvalue weighted by molar-refractivity contribution is -0.228. The van der Waals surface area contributed by atoms with Gasteiger partial charge < -0.3 is 4.74 Å². The molecule has 0 N–H and O–H groups in total. The molecule has 1 aliphatic carbocycles. The predicted molar refractivity (Wildman–Crippen MR) is 74.9 cm³/mol. The zero-order valence-electron chi connectivity index (χ0n) is 12.2. The summed E-state index contributed by atoms with van der Waals surface area (Å²) < 4.78 is 6.05. The Balaban J connectivity index is 1.77. The first-order valence-corrected chi connectivity index (χ1v) is 8.22. The van der Waals surface area contributed by atoms with E-state index in [0.29, 0.717) is 18.4 Å². The number of hydrogen-bond acceptors (Lipinski definition) is 3. The summed E-state index contributed by atoms with van der Waals surface area (Å²) in [5, 5.41) is 0. The minimum Gasteiger partial charge on any atom is -0.456 e. The molecule has 2 atom stereocenters. The summed E-state index contributed by atoms with van der Waals surface area (Å²) in [7, 11) is 0. The Labute approximate surface area is 116 Å². The molecule has 3 nitrogen and oxygen atoms in total. The van der Waals surface area contributed by atoms with E-state index in [1.54, 1.807) is 0 Å². The van der Waals surface area contributed by atoms with E-state index in [9.17, 15) is 4.79 Å². The molecule has 2 heterocycles. The SMILES string of the molecule is CCC(=O)OC1(C2CCCCC2)CN2CCCCC21. The van der Waals surface area contributed by atoms with Gasteiger partial charge in [-0.25, -0.2) is 0 Å². The lowest BCUT2D eigenvalue weighted by Gasteiger charge is -2.62. The van der Waals surface area contributed by atoms with Crippen molar-refractivity contribution in [2.75, 3.05) is 13.1 Å². The van der Waals surface area contributed by atoms with Crippen molar-refractivity contribution < 1.29 is 9.53 Å². The minimum absolute atomic E-state index is 0.01000. The third kappa shape index (κ3) is 2.31. The van der Waals surface area contributed by atoms with Gasteiger partial charge in [-0.1, -0.05) is 32.6 Å². The summed E-state index contributed by atoms with van der Waals surface area (Å²) in [5.41, 5.74) is -0.117. The van der Waals surface area contributed by atoms with Crippen LogP contribution in [0.2, 0.25) is 0 Å². The summed E-state index contributed by atoms with van der Waals surface area (Å²) >= 11 is 0. The van der Waals surface area contributed by atoms with Crippen LogP contribution >= 0.6 is 0 Å². The number of carbonyl (C=O) groups excluding carboxylic acids is 1. The van der Waals surface area contributed by atoms with Crippen LogP contribution in [0.15, 0.2) is 0 Å². The van der Waals surface area contributed by atoms with Gasteiger partial charge in [0.25, 0.3) is 0 Å². The van der Waals surface area contributed by atoms with E-state index in [2.05, 4.69) is 4.90 Å². The Kier molecular flexibility index (Phi) is 3.84. The van der Waals surface area contributed by atoms with E-state index in [1.165, 1.54) is 57.9 Å². The van der Waals surface area contributed by atoms with Crippen molar-refractivity contribution in [1.29, 1.82) is 0 Å². The normalized spacial score (nSPS) is 36.4. The molecule has 0 aromatic rings. The van der Waals surface area contributed by atoms with Crippen LogP contribution in [0.4, 0.5) is 0 Å². The summed E-state index contributed by atoms with van der Waals surface area (Å²) in [6, 6.07) is 0.528. The quantitative estimate of drug-likeness (QED) is 0.734. The first-order chi connectivity index (χ1) is 9.26. The van der Waals surface area contributed by atoms with Gasteiger partial charge in [0.05, 0.1) is 6.04 Å². The van der Waals surface area contributed by atoms with E-state index in [4.69, 9.17) is 4.74 Å². The molecule has 0 radical (unpaired) electrons. The molecule has 108 valence electrons. The highest BCUT2D eigenvalue weighted by Crippen LogP contribution is 2.48. The number of hydrogen-bond donors (Lipinski definition) is 0. The molecular weight excluding hydrogens is 238 g/mol. The summed E-state index contributed by atoms with van der Waals surface area (Å²) in [6.45, 7) is 4.13. The van der Waals surface area contributed by atoms with Crippen LogP contribution in [0.5, 0.6) is 0 Å². The molecule has 1 saturated carbocycles. The van der Waals surface area contributed by atoms with Crippen molar-refractivity contribution in [1.82, 2.24) is 4.90 Å². The Morgan fingerprint density at radius 1 is 1.16 bits per heavy atom. The maximum Gasteiger partial charge on any atom is 0.306 e. The first-order valence-electron chi connectivity index (χ1n) is 8.22. The van der Waals surface area contributed by atoms with E-state index in [0.717, 1.165) is 6.54 Å². The second kappa shape index (κ2) is 5.43. The van der Waals surface area contributed by atoms with Crippen LogP contribution < -0.4 is 0 Å². The lowest BCUT2D eigenvalue weighted by Crippen LogP contribution is -2.75. The van der Waals surface area contributed by atoms with Crippen molar-refractivity contribution in [3.63, 3.8) is 0 Å². The zero-order chi connectivity index (χ0) is 13.3. The van der Waals surface area contributed by atoms with Gasteiger partial charge in [-0.15, -0.1) is 0 Å². The third-order valence-corrected chi connectivity index (χ3v) is 5.52. The number of nitrogens with zero attached hydrogens (tertiary/aromatic N) is 1. The molecule has 3 heteroatoms. The second-order valence-electron chi connectivity index (χ2n) is 6.60. The predicted octanol–water partition coefficient (Wildman–Crippen LogP) is 3.13. The topological polar surface area (TPSA) is 29.5 Å². The van der Waals surface area contributed by atoms with Gasteiger partial charge in [-0.3, -0.25) is 9.69 Å². The minimum atomic E-state index is -0.117. The number of piperidine rings is 1. The molecule has 0 aromatic carbocycles. The van der Waals surface area contributed by atoms with Gasteiger partial charge >= 0.3 is 5.97 Å². The van der Waals surface area contributed by atoms with E-state index in [-0.39, 0.29) is 11.6 Å². The molecule has 3 aliphatic rings. The molecule has 0 spiro atoms. The van der Waals surface area contributed by atoms with Gasteiger partial charge in [0.2, 0.25) is 0 Å². The Bertz CT molecular complexity index is 328. The number of esters is 1. The molecule has 3 rings (SSSR count). The largest absolute Gasteiger partial charge is 0.456 e. The fraction of sp³-hybridized carbons (Fsp3) is 0.938. The van der Waals surface area contributed by atoms with Gasteiger partial charge in [0, 0.05) is 18.9 Å². The molecule has 2 aliphatic heterocycles. The third-order valence-electron chi connectivity index (χ3n) is 5.52. The van der Waals surface area contributed by atoms with Crippen molar-refractivity contribution >= 4 is 5.97 Å². The Morgan fingerprint density at radius 3 is 2.58 bits per heavy atom. The number of fused-ring (bicyclic) bond motifs is 1. The monoisotopic (exact) mass is 265 g/mol. The Morgan fingerprint density at radius 2 is 1.89 bits per heavy atom. The van der Waals surface area contributed by atoms with Crippen molar-refractivity contribution in [3.05, 3.63) is 0 Å². The smallest absolute Gasteiger partial charge is 0.306 e. The van der Waals surface area contributed by atoms with Crippen molar-refractivity contribution in [2.24, 2.45) is 5.92 Å². The summed E-state index contributed by atoms with van der Waals surface area (Å²) in [6.07, 6.45) is 10.9. The van der Waals surface area contributed by atoms with E-state index in [1.807, 2.05) is 6.92 Å². The molecular formula is C16H27NO2. The van der Waals surface area contributed by atoms with Crippen LogP contribution in [-0.2, 0) is 9.53 Å². The lowest BCUT2D eigenvalue weighted by atomic mass is 9.65. The second-order valence-corrected chi connectivity index (χ2v) is 6.60. The number of rotatable bonds is 3. The van der Waals surface area contributed by atoms with Crippen LogP contribution in [0.25, 0.3) is 0 Å². The van der Waals surface area contributed by atoms with E-state index < -0.39 is 0 Å².